The minimum Gasteiger partial charge on any atom is -0.508 e. The largest absolute Gasteiger partial charge is 0.508 e. The van der Waals surface area contributed by atoms with Gasteiger partial charge in [0.2, 0.25) is 0 Å². The summed E-state index contributed by atoms with van der Waals surface area (Å²) in [7, 11) is -3.57. The molecule has 2 saturated carbocycles. The summed E-state index contributed by atoms with van der Waals surface area (Å²) < 4.78 is 7.11. The Balaban J connectivity index is 1.62. The van der Waals surface area contributed by atoms with Crippen molar-refractivity contribution < 1.29 is 9.53 Å². The van der Waals surface area contributed by atoms with E-state index in [1.54, 1.807) is 0 Å². The number of aliphatic hydroxyl groups excluding tert-OH is 1. The molecule has 0 radical (unpaired) electrons. The van der Waals surface area contributed by atoms with Crippen LogP contribution in [0.25, 0.3) is 0 Å². The number of fused-ring (bicyclic) bond motifs is 5. The van der Waals surface area contributed by atoms with E-state index in [9.17, 15) is 5.11 Å². The Morgan fingerprint density at radius 2 is 1.59 bits per heavy atom. The number of allylic oxidation sites excluding steroid dienone is 5. The smallest absolute Gasteiger partial charge is 0.192 e. The minimum atomic E-state index is -1.80. The average Bonchev–Trinajstić information content (AvgIpc) is 3.01. The number of aliphatic hydroxyl groups is 1. The summed E-state index contributed by atoms with van der Waals surface area (Å²) in [6, 6.07) is 0. The molecular weight excluding hydrogens is 449 g/mol. The maximum absolute atomic E-state index is 11.1. The van der Waals surface area contributed by atoms with Crippen LogP contribution in [-0.2, 0) is 4.43 Å². The second-order valence-corrected chi connectivity index (χ2v) is 25.4. The molecule has 34 heavy (non-hydrogen) atoms. The average molecular weight is 501 g/mol. The first kappa shape index (κ1) is 26.5. The fraction of sp³-hybridized carbons (Fsp3) is 0.800. The van der Waals surface area contributed by atoms with Crippen LogP contribution in [0.5, 0.6) is 0 Å². The topological polar surface area (TPSA) is 29.5 Å². The van der Waals surface area contributed by atoms with Gasteiger partial charge in [-0.25, -0.2) is 0 Å². The van der Waals surface area contributed by atoms with Crippen molar-refractivity contribution in [3.63, 3.8) is 0 Å². The zero-order valence-corrected chi connectivity index (χ0v) is 26.0. The van der Waals surface area contributed by atoms with E-state index < -0.39 is 16.4 Å². The van der Waals surface area contributed by atoms with Crippen LogP contribution in [0.3, 0.4) is 0 Å². The predicted molar refractivity (Wildman–Crippen MR) is 151 cm³/mol. The van der Waals surface area contributed by atoms with Crippen LogP contribution in [0.15, 0.2) is 34.8 Å². The molecule has 0 aromatic heterocycles. The van der Waals surface area contributed by atoms with Gasteiger partial charge >= 0.3 is 0 Å². The zero-order valence-electron chi connectivity index (χ0n) is 24.0. The van der Waals surface area contributed by atoms with Gasteiger partial charge in [-0.2, -0.15) is 0 Å². The quantitative estimate of drug-likeness (QED) is 0.391. The molecule has 0 amide bonds. The van der Waals surface area contributed by atoms with Crippen LogP contribution in [0.2, 0.25) is 36.3 Å². The molecule has 0 spiro atoms. The zero-order chi connectivity index (χ0) is 25.5. The summed E-state index contributed by atoms with van der Waals surface area (Å²) in [4.78, 5) is 0. The first-order chi connectivity index (χ1) is 15.4. The van der Waals surface area contributed by atoms with E-state index >= 15 is 0 Å². The van der Waals surface area contributed by atoms with Crippen LogP contribution in [0.4, 0.5) is 0 Å². The van der Waals surface area contributed by atoms with E-state index in [0.29, 0.717) is 29.1 Å². The van der Waals surface area contributed by atoms with Gasteiger partial charge in [-0.15, -0.1) is 0 Å². The van der Waals surface area contributed by atoms with Crippen LogP contribution >= 0.6 is 0 Å². The Hall–Kier alpha value is -0.586. The highest BCUT2D eigenvalue weighted by atomic mass is 28.4. The minimum absolute atomic E-state index is 0.223. The van der Waals surface area contributed by atoms with Crippen molar-refractivity contribution in [3.8, 4) is 0 Å². The highest BCUT2D eigenvalue weighted by Crippen LogP contribution is 2.62. The van der Waals surface area contributed by atoms with Crippen molar-refractivity contribution in [1.29, 1.82) is 0 Å². The summed E-state index contributed by atoms with van der Waals surface area (Å²) in [5.41, 5.74) is 1.71. The lowest BCUT2D eigenvalue weighted by molar-refractivity contribution is -0.0350. The molecule has 0 heterocycles. The summed E-state index contributed by atoms with van der Waals surface area (Å²) >= 11 is 0. The van der Waals surface area contributed by atoms with Gasteiger partial charge in [-0.1, -0.05) is 73.7 Å². The number of hydrogen-bond acceptors (Lipinski definition) is 2. The van der Waals surface area contributed by atoms with Crippen LogP contribution in [0.1, 0.15) is 80.6 Å². The predicted octanol–water partition coefficient (Wildman–Crippen LogP) is 9.20. The van der Waals surface area contributed by atoms with E-state index in [1.807, 2.05) is 0 Å². The molecule has 0 unspecified atom stereocenters. The van der Waals surface area contributed by atoms with Gasteiger partial charge in [0.05, 0.1) is 14.2 Å². The summed E-state index contributed by atoms with van der Waals surface area (Å²) in [6.07, 6.45) is 13.9. The third-order valence-corrected chi connectivity index (χ3v) is 21.6. The molecular formula is C30H52O2Si2. The molecule has 0 aliphatic heterocycles. The first-order valence-electron chi connectivity index (χ1n) is 13.9. The number of hydrogen-bond donors (Lipinski definition) is 1. The highest BCUT2D eigenvalue weighted by molar-refractivity contribution is 6.87. The first-order valence-corrected chi connectivity index (χ1v) is 19.8. The maximum Gasteiger partial charge on any atom is 0.192 e. The third kappa shape index (κ3) is 4.08. The van der Waals surface area contributed by atoms with Crippen molar-refractivity contribution in [1.82, 2.24) is 0 Å². The molecule has 4 aliphatic rings. The summed E-state index contributed by atoms with van der Waals surface area (Å²) in [5, 5.41) is 12.9. The number of rotatable bonds is 3. The Kier molecular flexibility index (Phi) is 6.39. The van der Waals surface area contributed by atoms with Gasteiger partial charge in [0.25, 0.3) is 0 Å². The maximum atomic E-state index is 11.1. The highest BCUT2D eigenvalue weighted by Gasteiger charge is 2.58. The molecule has 4 heteroatoms. The Morgan fingerprint density at radius 3 is 2.18 bits per heavy atom. The SMILES string of the molecule is CC(C)(C)[Si](C)(C)O[C@H]1CC[C@H]2[C@@H]3CC=C4C=C(O)C([Si](C)(C)C(C)(C)C)=C[C@@H]4[C@H]3CC[C@]12C. The Bertz CT molecular complexity index is 911. The molecule has 192 valence electrons. The summed E-state index contributed by atoms with van der Waals surface area (Å²) in [5.74, 6) is 3.28. The monoisotopic (exact) mass is 500 g/mol. The molecule has 2 fully saturated rings. The molecule has 0 aromatic rings. The molecule has 0 aromatic carbocycles. The van der Waals surface area contributed by atoms with Gasteiger partial charge in [-0.3, -0.25) is 0 Å². The lowest BCUT2D eigenvalue weighted by atomic mass is 9.54. The van der Waals surface area contributed by atoms with Gasteiger partial charge in [0.15, 0.2) is 8.32 Å². The fourth-order valence-corrected chi connectivity index (χ4v) is 10.8. The molecule has 6 atom stereocenters. The van der Waals surface area contributed by atoms with Crippen molar-refractivity contribution in [3.05, 3.63) is 34.8 Å². The van der Waals surface area contributed by atoms with E-state index in [0.717, 1.165) is 11.8 Å². The van der Waals surface area contributed by atoms with Crippen LogP contribution < -0.4 is 0 Å². The van der Waals surface area contributed by atoms with E-state index in [4.69, 9.17) is 4.43 Å². The molecule has 1 N–H and O–H groups in total. The molecule has 2 nitrogen and oxygen atoms in total. The van der Waals surface area contributed by atoms with Gasteiger partial charge in [-0.05, 0) is 95.3 Å². The van der Waals surface area contributed by atoms with Crippen molar-refractivity contribution in [2.45, 2.75) is 123 Å². The van der Waals surface area contributed by atoms with Gasteiger partial charge in [0, 0.05) is 5.92 Å². The van der Waals surface area contributed by atoms with Crippen molar-refractivity contribution in [2.75, 3.05) is 0 Å². The molecule has 4 aliphatic carbocycles. The van der Waals surface area contributed by atoms with E-state index in [1.165, 1.54) is 42.9 Å². The van der Waals surface area contributed by atoms with Crippen LogP contribution in [0, 0.1) is 29.1 Å². The van der Waals surface area contributed by atoms with Crippen molar-refractivity contribution >= 4 is 16.4 Å². The molecule has 4 rings (SSSR count). The van der Waals surface area contributed by atoms with Gasteiger partial charge in [0.1, 0.15) is 5.76 Å². The Labute approximate surface area is 212 Å². The fourth-order valence-electron chi connectivity index (χ4n) is 7.24. The lowest BCUT2D eigenvalue weighted by Gasteiger charge is -2.54. The van der Waals surface area contributed by atoms with Gasteiger partial charge < -0.3 is 9.53 Å². The molecule has 0 saturated heterocycles. The Morgan fingerprint density at radius 1 is 0.941 bits per heavy atom. The summed E-state index contributed by atoms with van der Waals surface area (Å²) in [6.45, 7) is 26.5. The van der Waals surface area contributed by atoms with E-state index in [-0.39, 0.29) is 10.1 Å². The normalized spacial score (nSPS) is 36.7. The van der Waals surface area contributed by atoms with Crippen LogP contribution in [-0.4, -0.2) is 27.6 Å². The lowest BCUT2D eigenvalue weighted by Crippen LogP contribution is -2.51. The molecule has 0 bridgehead atoms. The second kappa shape index (κ2) is 8.21. The van der Waals surface area contributed by atoms with Crippen molar-refractivity contribution in [2.24, 2.45) is 29.1 Å². The third-order valence-electron chi connectivity index (χ3n) is 11.6. The second-order valence-electron chi connectivity index (χ2n) is 15.4. The standard InChI is InChI=1S/C30H52O2Si2/c1-28(2,3)33(8,9)26-19-23-20(18-25(26)31)12-13-22-21(23)16-17-30(7)24(22)14-15-27(30)32-34(10,11)29(4,5)6/h12,18-19,21-24,27,31H,13-17H2,1-11H3/t21-,22+,23-,24-,27-,30-/m0/s1. The van der Waals surface area contributed by atoms with E-state index in [2.05, 4.69) is 92.9 Å².